The molecule has 0 spiro atoms. The number of nitrogens with two attached hydrogens (primary N) is 1. The maximum Gasteiger partial charge on any atom is 0.152 e. The Hall–Kier alpha value is -0.360. The monoisotopic (exact) mass is 214 g/mol. The van der Waals surface area contributed by atoms with Gasteiger partial charge >= 0.3 is 0 Å². The van der Waals surface area contributed by atoms with E-state index in [-0.39, 0.29) is 31.4 Å². The van der Waals surface area contributed by atoms with Crippen LogP contribution in [0.5, 0.6) is 0 Å². The number of rotatable bonds is 3. The fraction of sp³-hybridized carbons (Fsp3) is 0.600. The molecule has 5 nitrogen and oxygen atoms in total. The molecular formula is C5H12Cl2N4O. The summed E-state index contributed by atoms with van der Waals surface area (Å²) in [7, 11) is 0. The van der Waals surface area contributed by atoms with Crippen LogP contribution >= 0.6 is 24.8 Å². The summed E-state index contributed by atoms with van der Waals surface area (Å²) in [5.74, 6) is 1.15. The molecule has 72 valence electrons. The number of aliphatic hydroxyl groups excluding tert-OH is 1. The van der Waals surface area contributed by atoms with E-state index in [4.69, 9.17) is 10.8 Å². The zero-order chi connectivity index (χ0) is 7.40. The van der Waals surface area contributed by atoms with Gasteiger partial charge in [-0.1, -0.05) is 0 Å². The number of nitrogens with one attached hydrogen (secondary N) is 1. The summed E-state index contributed by atoms with van der Waals surface area (Å²) in [6.07, 6.45) is 0.649. The van der Waals surface area contributed by atoms with E-state index in [0.29, 0.717) is 24.6 Å². The third kappa shape index (κ3) is 3.87. The van der Waals surface area contributed by atoms with Crippen molar-refractivity contribution in [1.82, 2.24) is 15.2 Å². The molecular weight excluding hydrogens is 203 g/mol. The van der Waals surface area contributed by atoms with E-state index in [2.05, 4.69) is 15.2 Å². The fourth-order valence-corrected chi connectivity index (χ4v) is 0.646. The van der Waals surface area contributed by atoms with Crippen LogP contribution in [0.4, 0.5) is 0 Å². The van der Waals surface area contributed by atoms with Crippen molar-refractivity contribution in [3.05, 3.63) is 11.6 Å². The molecule has 0 saturated carbocycles. The van der Waals surface area contributed by atoms with Crippen molar-refractivity contribution < 1.29 is 5.11 Å². The number of aromatic nitrogens is 3. The first kappa shape index (κ1) is 14.2. The summed E-state index contributed by atoms with van der Waals surface area (Å²) in [4.78, 5) is 3.92. The first-order chi connectivity index (χ1) is 4.86. The Morgan fingerprint density at radius 3 is 2.50 bits per heavy atom. The van der Waals surface area contributed by atoms with Crippen LogP contribution in [0.1, 0.15) is 11.6 Å². The molecule has 0 bridgehead atoms. The van der Waals surface area contributed by atoms with Gasteiger partial charge in [0.15, 0.2) is 5.82 Å². The van der Waals surface area contributed by atoms with Gasteiger partial charge < -0.3 is 10.8 Å². The molecule has 0 fully saturated rings. The Labute approximate surface area is 82.6 Å². The second-order valence-corrected chi connectivity index (χ2v) is 1.90. The molecule has 0 unspecified atom stereocenters. The molecule has 1 aromatic rings. The summed E-state index contributed by atoms with van der Waals surface area (Å²) in [6, 6.07) is 0. The Balaban J connectivity index is 0. The fourth-order valence-electron chi connectivity index (χ4n) is 0.646. The Kier molecular flexibility index (Phi) is 8.62. The molecule has 1 rings (SSSR count). The minimum Gasteiger partial charge on any atom is -0.388 e. The number of halogens is 2. The highest BCUT2D eigenvalue weighted by Gasteiger charge is 1.98. The molecule has 0 aromatic carbocycles. The number of hydrogen-bond donors (Lipinski definition) is 3. The van der Waals surface area contributed by atoms with E-state index in [1.807, 2.05) is 0 Å². The van der Waals surface area contributed by atoms with Gasteiger partial charge in [-0.15, -0.1) is 24.8 Å². The molecule has 7 heteroatoms. The first-order valence-corrected chi connectivity index (χ1v) is 3.08. The SMILES string of the molecule is Cl.Cl.NCCc1n[nH]c(CO)n1. The van der Waals surface area contributed by atoms with Gasteiger partial charge in [0.05, 0.1) is 0 Å². The summed E-state index contributed by atoms with van der Waals surface area (Å²) in [6.45, 7) is 0.431. The van der Waals surface area contributed by atoms with Gasteiger partial charge in [-0.3, -0.25) is 5.10 Å². The first-order valence-electron chi connectivity index (χ1n) is 3.08. The molecule has 0 aliphatic rings. The van der Waals surface area contributed by atoms with Gasteiger partial charge in [-0.2, -0.15) is 5.10 Å². The van der Waals surface area contributed by atoms with Crippen LogP contribution < -0.4 is 5.73 Å². The van der Waals surface area contributed by atoms with Crippen molar-refractivity contribution in [1.29, 1.82) is 0 Å². The molecule has 0 aliphatic heterocycles. The van der Waals surface area contributed by atoms with Gasteiger partial charge in [0, 0.05) is 6.42 Å². The standard InChI is InChI=1S/C5H10N4O.2ClH/c6-2-1-4-7-5(3-10)9-8-4;;/h10H,1-3,6H2,(H,7,8,9);2*1H. The summed E-state index contributed by atoms with van der Waals surface area (Å²) >= 11 is 0. The zero-order valence-electron chi connectivity index (χ0n) is 6.36. The molecule has 0 atom stereocenters. The van der Waals surface area contributed by atoms with Crippen LogP contribution in [0.25, 0.3) is 0 Å². The largest absolute Gasteiger partial charge is 0.388 e. The third-order valence-corrected chi connectivity index (χ3v) is 1.10. The normalized spacial score (nSPS) is 8.50. The number of aromatic amines is 1. The van der Waals surface area contributed by atoms with Crippen LogP contribution in [0.15, 0.2) is 0 Å². The summed E-state index contributed by atoms with van der Waals surface area (Å²) < 4.78 is 0. The lowest BCUT2D eigenvalue weighted by atomic mass is 10.4. The highest BCUT2D eigenvalue weighted by molar-refractivity contribution is 5.85. The molecule has 0 aliphatic carbocycles. The van der Waals surface area contributed by atoms with Crippen molar-refractivity contribution in [2.24, 2.45) is 5.73 Å². The van der Waals surface area contributed by atoms with Crippen LogP contribution in [0.2, 0.25) is 0 Å². The second-order valence-electron chi connectivity index (χ2n) is 1.90. The van der Waals surface area contributed by atoms with Crippen LogP contribution in [-0.4, -0.2) is 26.8 Å². The molecule has 1 heterocycles. The topological polar surface area (TPSA) is 87.8 Å². The van der Waals surface area contributed by atoms with Crippen molar-refractivity contribution in [2.45, 2.75) is 13.0 Å². The molecule has 1 aromatic heterocycles. The maximum atomic E-state index is 8.55. The Bertz CT molecular complexity index is 205. The summed E-state index contributed by atoms with van der Waals surface area (Å²) in [5, 5.41) is 14.9. The quantitative estimate of drug-likeness (QED) is 0.642. The van der Waals surface area contributed by atoms with Crippen molar-refractivity contribution in [3.63, 3.8) is 0 Å². The smallest absolute Gasteiger partial charge is 0.152 e. The average Bonchev–Trinajstić information content (AvgIpc) is 2.37. The highest BCUT2D eigenvalue weighted by atomic mass is 35.5. The van der Waals surface area contributed by atoms with Gasteiger partial charge in [0.1, 0.15) is 12.4 Å². The van der Waals surface area contributed by atoms with Crippen molar-refractivity contribution in [2.75, 3.05) is 6.54 Å². The number of hydrogen-bond acceptors (Lipinski definition) is 4. The zero-order valence-corrected chi connectivity index (χ0v) is 7.99. The third-order valence-electron chi connectivity index (χ3n) is 1.10. The van der Waals surface area contributed by atoms with Crippen molar-refractivity contribution >= 4 is 24.8 Å². The van der Waals surface area contributed by atoms with E-state index in [0.717, 1.165) is 0 Å². The minimum absolute atomic E-state index is 0. The minimum atomic E-state index is -0.0996. The predicted octanol–water partition coefficient (Wildman–Crippen LogP) is -0.358. The maximum absolute atomic E-state index is 8.55. The van der Waals surface area contributed by atoms with Crippen molar-refractivity contribution in [3.8, 4) is 0 Å². The predicted molar refractivity (Wildman–Crippen MR) is 49.6 cm³/mol. The number of H-pyrrole nitrogens is 1. The van der Waals surface area contributed by atoms with Gasteiger partial charge in [-0.25, -0.2) is 4.98 Å². The van der Waals surface area contributed by atoms with E-state index >= 15 is 0 Å². The Morgan fingerprint density at radius 1 is 1.42 bits per heavy atom. The number of nitrogens with zero attached hydrogens (tertiary/aromatic N) is 2. The number of aliphatic hydroxyl groups is 1. The van der Waals surface area contributed by atoms with Gasteiger partial charge in [0.2, 0.25) is 0 Å². The Morgan fingerprint density at radius 2 is 2.08 bits per heavy atom. The molecule has 12 heavy (non-hydrogen) atoms. The van der Waals surface area contributed by atoms with E-state index in [1.54, 1.807) is 0 Å². The summed E-state index contributed by atoms with van der Waals surface area (Å²) in [5.41, 5.74) is 5.25. The molecule has 0 radical (unpaired) electrons. The van der Waals surface area contributed by atoms with Gasteiger partial charge in [0.25, 0.3) is 0 Å². The van der Waals surface area contributed by atoms with Gasteiger partial charge in [-0.05, 0) is 6.54 Å². The van der Waals surface area contributed by atoms with E-state index in [1.165, 1.54) is 0 Å². The van der Waals surface area contributed by atoms with Crippen LogP contribution in [0.3, 0.4) is 0 Å². The lowest BCUT2D eigenvalue weighted by Gasteiger charge is -1.84. The molecule has 0 saturated heterocycles. The average molecular weight is 215 g/mol. The van der Waals surface area contributed by atoms with E-state index < -0.39 is 0 Å². The molecule has 0 amide bonds. The second kappa shape index (κ2) is 7.30. The van der Waals surface area contributed by atoms with Crippen LogP contribution in [-0.2, 0) is 13.0 Å². The lowest BCUT2D eigenvalue weighted by molar-refractivity contribution is 0.271. The highest BCUT2D eigenvalue weighted by Crippen LogP contribution is 1.91. The molecule has 4 N–H and O–H groups in total. The van der Waals surface area contributed by atoms with E-state index in [9.17, 15) is 0 Å². The lowest BCUT2D eigenvalue weighted by Crippen LogP contribution is -2.04. The van der Waals surface area contributed by atoms with Crippen LogP contribution in [0, 0.1) is 0 Å².